The van der Waals surface area contributed by atoms with Crippen molar-refractivity contribution in [3.8, 4) is 0 Å². The van der Waals surface area contributed by atoms with E-state index in [9.17, 15) is 29.1 Å². The highest BCUT2D eigenvalue weighted by molar-refractivity contribution is 7.09. The zero-order valence-corrected chi connectivity index (χ0v) is 32.8. The van der Waals surface area contributed by atoms with Crippen LogP contribution < -0.4 is 5.32 Å². The number of rotatable bonds is 19. The molecule has 2 amide bonds. The Morgan fingerprint density at radius 3 is 2.25 bits per heavy atom. The maximum Gasteiger partial charge on any atom is 0.306 e. The van der Waals surface area contributed by atoms with Gasteiger partial charge < -0.3 is 20.1 Å². The van der Waals surface area contributed by atoms with Gasteiger partial charge in [-0.25, -0.2) is 4.98 Å². The molecule has 1 aromatic carbocycles. The number of benzene rings is 1. The lowest BCUT2D eigenvalue weighted by Gasteiger charge is -2.48. The summed E-state index contributed by atoms with van der Waals surface area (Å²) in [6.07, 6.45) is 1.81. The third kappa shape index (κ3) is 10.9. The van der Waals surface area contributed by atoms with Gasteiger partial charge in [0.2, 0.25) is 5.91 Å². The van der Waals surface area contributed by atoms with Crippen LogP contribution in [0.1, 0.15) is 113 Å². The number of carboxylic acid groups (broad SMARTS) is 1. The minimum atomic E-state index is -0.941. The van der Waals surface area contributed by atoms with Gasteiger partial charge in [-0.15, -0.1) is 11.3 Å². The van der Waals surface area contributed by atoms with E-state index in [2.05, 4.69) is 10.3 Å². The van der Waals surface area contributed by atoms with E-state index in [0.717, 1.165) is 30.5 Å². The molecule has 3 rings (SSSR count). The van der Waals surface area contributed by atoms with Crippen molar-refractivity contribution in [2.75, 3.05) is 20.6 Å². The smallest absolute Gasteiger partial charge is 0.306 e. The molecule has 2 aromatic rings. The van der Waals surface area contributed by atoms with Crippen molar-refractivity contribution in [2.24, 2.45) is 23.7 Å². The second-order valence-electron chi connectivity index (χ2n) is 15.1. The molecule has 0 saturated carbocycles. The number of likely N-dealkylation sites (tertiary alicyclic amines) is 1. The van der Waals surface area contributed by atoms with Crippen LogP contribution in [0.2, 0.25) is 0 Å². The molecule has 2 N–H and O–H groups in total. The van der Waals surface area contributed by atoms with E-state index in [0.29, 0.717) is 11.4 Å². The number of carbonyl (C=O) groups is 5. The molecule has 11 nitrogen and oxygen atoms in total. The number of hydrogen-bond acceptors (Lipinski definition) is 9. The minimum absolute atomic E-state index is 0.0108. The fourth-order valence-electron chi connectivity index (χ4n) is 6.71. The number of nitrogens with one attached hydrogen (secondary N) is 1. The summed E-state index contributed by atoms with van der Waals surface area (Å²) in [6, 6.07) is 7.07. The van der Waals surface area contributed by atoms with Crippen LogP contribution >= 0.6 is 11.3 Å². The quantitative estimate of drug-likeness (QED) is 0.164. The second kappa shape index (κ2) is 18.2. The average molecular weight is 727 g/mol. The number of nitrogens with zero attached hydrogens (tertiary/aromatic N) is 3. The molecule has 282 valence electrons. The Morgan fingerprint density at radius 1 is 1.10 bits per heavy atom. The molecule has 2 heterocycles. The number of hydrogen-bond donors (Lipinski definition) is 2. The van der Waals surface area contributed by atoms with E-state index < -0.39 is 47.4 Å². The van der Waals surface area contributed by atoms with Gasteiger partial charge in [-0.1, -0.05) is 70.9 Å². The predicted octanol–water partition coefficient (Wildman–Crippen LogP) is 6.10. The van der Waals surface area contributed by atoms with Gasteiger partial charge in [0.15, 0.2) is 11.9 Å². The number of aliphatic carboxylic acids is 1. The minimum Gasteiger partial charge on any atom is -0.481 e. The first kappa shape index (κ1) is 41.8. The summed E-state index contributed by atoms with van der Waals surface area (Å²) in [6.45, 7) is 15.8. The molecule has 0 aliphatic carbocycles. The van der Waals surface area contributed by atoms with E-state index in [-0.39, 0.29) is 54.5 Å². The number of thiazole rings is 1. The summed E-state index contributed by atoms with van der Waals surface area (Å²) in [5.74, 6) is -3.14. The first-order valence-corrected chi connectivity index (χ1v) is 19.0. The fraction of sp³-hybridized carbons (Fsp3) is 0.641. The molecule has 0 bridgehead atoms. The monoisotopic (exact) mass is 726 g/mol. The van der Waals surface area contributed by atoms with Crippen LogP contribution in [0.15, 0.2) is 29.6 Å². The van der Waals surface area contributed by atoms with Gasteiger partial charge in [0.05, 0.1) is 11.5 Å². The second-order valence-corrected chi connectivity index (χ2v) is 16.0. The Labute approximate surface area is 307 Å². The molecule has 1 unspecified atom stereocenters. The summed E-state index contributed by atoms with van der Waals surface area (Å²) < 4.78 is 5.78. The molecule has 7 atom stereocenters. The number of carbonyl (C=O) groups excluding carboxylic acids is 4. The first-order valence-electron chi connectivity index (χ1n) is 18.1. The highest BCUT2D eigenvalue weighted by Gasteiger charge is 2.46. The Hall–Kier alpha value is -3.64. The van der Waals surface area contributed by atoms with Crippen LogP contribution in [0.25, 0.3) is 0 Å². The third-order valence-corrected chi connectivity index (χ3v) is 11.8. The van der Waals surface area contributed by atoms with Gasteiger partial charge in [0, 0.05) is 56.7 Å². The number of aryl methyl sites for hydroxylation is 1. The largest absolute Gasteiger partial charge is 0.481 e. The summed E-state index contributed by atoms with van der Waals surface area (Å²) in [5, 5.41) is 14.6. The van der Waals surface area contributed by atoms with Crippen molar-refractivity contribution < 1.29 is 33.8 Å². The Morgan fingerprint density at radius 2 is 1.75 bits per heavy atom. The van der Waals surface area contributed by atoms with Crippen LogP contribution in [-0.2, 0) is 30.3 Å². The fourth-order valence-corrected chi connectivity index (χ4v) is 7.55. The van der Waals surface area contributed by atoms with Crippen LogP contribution in [0.5, 0.6) is 0 Å². The summed E-state index contributed by atoms with van der Waals surface area (Å²) in [5.41, 5.74) is 1.66. The third-order valence-electron chi connectivity index (χ3n) is 10.8. The van der Waals surface area contributed by atoms with Crippen molar-refractivity contribution in [2.45, 2.75) is 118 Å². The average Bonchev–Trinajstić information content (AvgIpc) is 3.58. The van der Waals surface area contributed by atoms with Crippen molar-refractivity contribution in [1.29, 1.82) is 0 Å². The lowest BCUT2D eigenvalue weighted by atomic mass is 9.76. The van der Waals surface area contributed by atoms with Crippen molar-refractivity contribution in [3.63, 3.8) is 0 Å². The van der Waals surface area contributed by atoms with E-state index >= 15 is 0 Å². The molecule has 1 fully saturated rings. The van der Waals surface area contributed by atoms with E-state index in [1.165, 1.54) is 18.3 Å². The maximum absolute atomic E-state index is 14.2. The standard InChI is InChI=1S/C39H58N4O7S/c1-11-25(5)30(20-34(45)39(8)16-17-42(39)9)37(47)43(10)32(23(2)3)21-33(50-27(7)44)36-41-31(22-51-36)35(46)40-29(18-26(6)38(48)49)19-28-14-12-24(4)13-15-28/h12-15,22-23,25-26,29-30,32-33H,11,16-21H2,1-10H3,(H,40,46)(H,48,49)/t25-,26-,29+,30-,32+,33+,39?/m0/s1. The molecular formula is C39H58N4O7S. The molecule has 1 aliphatic heterocycles. The number of aromatic nitrogens is 1. The van der Waals surface area contributed by atoms with Gasteiger partial charge >= 0.3 is 11.9 Å². The number of ether oxygens (including phenoxy) is 1. The summed E-state index contributed by atoms with van der Waals surface area (Å²) in [7, 11) is 3.69. The van der Waals surface area contributed by atoms with Crippen molar-refractivity contribution >= 4 is 40.9 Å². The number of ketones is 1. The normalized spacial score (nSPS) is 19.6. The Balaban J connectivity index is 1.82. The van der Waals surface area contributed by atoms with Gasteiger partial charge in [-0.3, -0.25) is 28.9 Å². The lowest BCUT2D eigenvalue weighted by Crippen LogP contribution is -2.61. The van der Waals surface area contributed by atoms with Gasteiger partial charge in [-0.05, 0) is 57.6 Å². The molecule has 1 aliphatic rings. The van der Waals surface area contributed by atoms with Gasteiger partial charge in [0.25, 0.3) is 5.91 Å². The van der Waals surface area contributed by atoms with Crippen molar-refractivity contribution in [1.82, 2.24) is 20.1 Å². The van der Waals surface area contributed by atoms with Crippen LogP contribution in [0.4, 0.5) is 0 Å². The van der Waals surface area contributed by atoms with Gasteiger partial charge in [0.1, 0.15) is 10.7 Å². The molecule has 0 radical (unpaired) electrons. The van der Waals surface area contributed by atoms with Crippen LogP contribution in [-0.4, -0.2) is 87.7 Å². The topological polar surface area (TPSA) is 146 Å². The first-order chi connectivity index (χ1) is 23.9. The molecule has 1 saturated heterocycles. The highest BCUT2D eigenvalue weighted by Crippen LogP contribution is 2.35. The SMILES string of the molecule is CC[C@H](C)[C@H](CC(=O)C1(C)CCN1C)C(=O)N(C)[C@H](C[C@@H](OC(C)=O)c1nc(C(=O)N[C@@H](Cc2ccc(C)cc2)C[C@H](C)C(=O)O)cs1)C(C)C. The number of likely N-dealkylation sites (N-methyl/N-ethyl adjacent to an activating group) is 1. The number of esters is 1. The maximum atomic E-state index is 14.2. The Kier molecular flexibility index (Phi) is 14.9. The van der Waals surface area contributed by atoms with E-state index in [1.807, 2.05) is 77.8 Å². The Bertz CT molecular complexity index is 1530. The number of carboxylic acids is 1. The van der Waals surface area contributed by atoms with Crippen molar-refractivity contribution in [3.05, 3.63) is 51.5 Å². The molecule has 1 aromatic heterocycles. The molecule has 12 heteroatoms. The van der Waals surface area contributed by atoms with E-state index in [1.54, 1.807) is 24.3 Å². The highest BCUT2D eigenvalue weighted by atomic mass is 32.1. The number of amides is 2. The zero-order valence-electron chi connectivity index (χ0n) is 32.0. The van der Waals surface area contributed by atoms with Crippen LogP contribution in [0, 0.1) is 30.6 Å². The molecule has 51 heavy (non-hydrogen) atoms. The summed E-state index contributed by atoms with van der Waals surface area (Å²) in [4.78, 5) is 73.5. The van der Waals surface area contributed by atoms with E-state index in [4.69, 9.17) is 4.74 Å². The van der Waals surface area contributed by atoms with Gasteiger partial charge in [-0.2, -0.15) is 0 Å². The zero-order chi connectivity index (χ0) is 38.2. The predicted molar refractivity (Wildman–Crippen MR) is 198 cm³/mol. The lowest BCUT2D eigenvalue weighted by molar-refractivity contribution is -0.150. The molecule has 0 spiro atoms. The number of Topliss-reactive ketones (excluding diaryl/α,β-unsaturated/α-hetero) is 1. The van der Waals surface area contributed by atoms with Crippen LogP contribution in [0.3, 0.4) is 0 Å². The molecular weight excluding hydrogens is 669 g/mol. The summed E-state index contributed by atoms with van der Waals surface area (Å²) >= 11 is 1.19.